The Morgan fingerprint density at radius 2 is 0.143 bits per heavy atom. The predicted octanol–water partition coefficient (Wildman–Crippen LogP) is -20.8. The molecule has 21 heteroatoms. The summed E-state index contributed by atoms with van der Waals surface area (Å²) in [7, 11) is 0. The summed E-state index contributed by atoms with van der Waals surface area (Å²) >= 11 is 0. The van der Waals surface area contributed by atoms with E-state index in [1.807, 2.05) is 0 Å². The summed E-state index contributed by atoms with van der Waals surface area (Å²) in [5.74, 6) is 0. The summed E-state index contributed by atoms with van der Waals surface area (Å²) in [4.78, 5) is 0. The van der Waals surface area contributed by atoms with Gasteiger partial charge in [0.25, 0.3) is 0 Å². The minimum Gasteiger partial charge on any atom is -2.00 e. The third kappa shape index (κ3) is 3140. The summed E-state index contributed by atoms with van der Waals surface area (Å²) in [6.45, 7) is 0. The van der Waals surface area contributed by atoms with Crippen molar-refractivity contribution in [3.63, 3.8) is 0 Å². The fourth-order valence-electron chi connectivity index (χ4n) is 0. The summed E-state index contributed by atoms with van der Waals surface area (Å²) in [5.41, 5.74) is 0. The maximum Gasteiger partial charge on any atom is 1.00 e. The van der Waals surface area contributed by atoms with Crippen LogP contribution in [-0.4, -0.2) is 98.6 Å². The molecule has 0 spiro atoms. The molecule has 0 rings (SSSR count). The Morgan fingerprint density at radius 1 is 0.143 bits per heavy atom. The third-order valence-electron chi connectivity index (χ3n) is 0. The van der Waals surface area contributed by atoms with Crippen molar-refractivity contribution in [2.75, 3.05) is 0 Å². The van der Waals surface area contributed by atoms with Gasteiger partial charge in [0.1, 0.15) is 0 Å². The Labute approximate surface area is 170 Å². The monoisotopic (exact) mass is 402 g/mol. The van der Waals surface area contributed by atoms with Crippen molar-refractivity contribution in [1.82, 2.24) is 0 Å². The van der Waals surface area contributed by atoms with Crippen LogP contribution in [0.3, 0.4) is 0 Å². The molecule has 0 radical (unpaired) electrons. The van der Waals surface area contributed by atoms with Crippen LogP contribution in [0.15, 0.2) is 0 Å². The molecule has 0 fully saturated rings. The first kappa shape index (κ1) is 3980. The smallest absolute Gasteiger partial charge is 1.00 e. The van der Waals surface area contributed by atoms with Crippen molar-refractivity contribution >= 4 is 13.5 Å². The van der Waals surface area contributed by atoms with Gasteiger partial charge in [0.2, 0.25) is 0 Å². The van der Waals surface area contributed by atoms with E-state index in [1.54, 1.807) is 0 Å². The molecule has 18 nitrogen and oxygen atoms in total. The van der Waals surface area contributed by atoms with Crippen LogP contribution in [0.4, 0.5) is 0 Å². The largest absolute Gasteiger partial charge is 2.00 e. The summed E-state index contributed by atoms with van der Waals surface area (Å²) in [6, 6.07) is 0. The zero-order valence-electron chi connectivity index (χ0n) is 11.4. The second kappa shape index (κ2) is 3460. The third-order valence-corrected chi connectivity index (χ3v) is 0. The van der Waals surface area contributed by atoms with E-state index in [1.165, 1.54) is 0 Å². The zero-order chi connectivity index (χ0) is 0. The molecule has 21 heavy (non-hydrogen) atoms. The topological polar surface area (TPSA) is 567 Å². The van der Waals surface area contributed by atoms with E-state index >= 15 is 0 Å². The molecule has 0 bridgehead atoms. The molecule has 0 aliphatic heterocycles. The van der Waals surface area contributed by atoms with Gasteiger partial charge in [-0.3, -0.25) is 0 Å². The molecule has 0 aromatic rings. The Hall–Kier alpha value is 1.63. The Morgan fingerprint density at radius 3 is 0.143 bits per heavy atom. The molecule has 0 aromatic heterocycles. The van der Waals surface area contributed by atoms with Gasteiger partial charge in [0.05, 0.1) is 0 Å². The second-order valence-electron chi connectivity index (χ2n) is 0. The van der Waals surface area contributed by atoms with Crippen LogP contribution < -0.4 is 59.1 Å². The van der Waals surface area contributed by atoms with Gasteiger partial charge in [-0.25, -0.2) is 0 Å². The van der Waals surface area contributed by atoms with Gasteiger partial charge < -0.3 is 112 Å². The number of hydrogen-bond donors (Lipinski definition) is 0. The van der Waals surface area contributed by atoms with Crippen molar-refractivity contribution in [2.24, 2.45) is 0 Å². The Balaban J connectivity index is 0. The first-order valence-electron chi connectivity index (χ1n) is 0. The molecule has 0 saturated heterocycles. The molecule has 0 heterocycles. The van der Waals surface area contributed by atoms with E-state index in [2.05, 4.69) is 0 Å². The van der Waals surface area contributed by atoms with Crippen LogP contribution in [0, 0.1) is 0 Å². The fourth-order valence-corrected chi connectivity index (χ4v) is 0. The summed E-state index contributed by atoms with van der Waals surface area (Å²) in [6.07, 6.45) is 0. The van der Waals surface area contributed by atoms with Crippen LogP contribution in [0.5, 0.6) is 0 Å². The van der Waals surface area contributed by atoms with Crippen molar-refractivity contribution in [3.05, 3.63) is 0 Å². The van der Waals surface area contributed by atoms with Gasteiger partial charge >= 0.3 is 59.1 Å². The molecular weight excluding hydrogens is 366 g/mol. The molecule has 0 aliphatic rings. The minimum atomic E-state index is 0. The van der Waals surface area contributed by atoms with Crippen molar-refractivity contribution in [3.8, 4) is 0 Å². The normalized spacial score (nSPS) is 0. The van der Waals surface area contributed by atoms with Crippen molar-refractivity contribution in [2.45, 2.75) is 0 Å². The zero-order valence-corrected chi connectivity index (χ0v) is 16.2. The molecule has 36 N–H and O–H groups in total. The van der Waals surface area contributed by atoms with Crippen molar-refractivity contribution in [1.29, 1.82) is 0 Å². The predicted molar refractivity (Wildman–Crippen MR) is 72.4 cm³/mol. The van der Waals surface area contributed by atoms with E-state index in [9.17, 15) is 0 Å². The molecular formula is H36Na2O18S. The maximum atomic E-state index is 0. The average Bonchev–Trinajstić information content (AvgIpc) is 0. The maximum absolute atomic E-state index is 0. The van der Waals surface area contributed by atoms with Crippen LogP contribution in [0.25, 0.3) is 0 Å². The van der Waals surface area contributed by atoms with Gasteiger partial charge in [-0.2, -0.15) is 0 Å². The summed E-state index contributed by atoms with van der Waals surface area (Å²) < 4.78 is 0. The minimum absolute atomic E-state index is 0. The number of rotatable bonds is 0. The average molecular weight is 402 g/mol. The van der Waals surface area contributed by atoms with Gasteiger partial charge in [-0.15, -0.1) is 0 Å². The van der Waals surface area contributed by atoms with Crippen LogP contribution >= 0.6 is 0 Å². The molecule has 0 unspecified atom stereocenters. The van der Waals surface area contributed by atoms with Gasteiger partial charge in [0.15, 0.2) is 0 Å². The fraction of sp³-hybridized carbons (Fsp3) is 0. The molecule has 0 atom stereocenters. The van der Waals surface area contributed by atoms with Crippen molar-refractivity contribution < 1.29 is 158 Å². The standard InChI is InChI=1S/2Na.18H2O.S/h;;18*1H2;/q2*+1;;;;;;;;;;;;;;;;;;;-2. The van der Waals surface area contributed by atoms with Crippen LogP contribution in [0.1, 0.15) is 0 Å². The van der Waals surface area contributed by atoms with E-state index in [-0.39, 0.29) is 171 Å². The van der Waals surface area contributed by atoms with E-state index in [0.29, 0.717) is 0 Å². The first-order valence-corrected chi connectivity index (χ1v) is 0. The van der Waals surface area contributed by atoms with Gasteiger partial charge in [0, 0.05) is 0 Å². The van der Waals surface area contributed by atoms with E-state index in [0.717, 1.165) is 0 Å². The van der Waals surface area contributed by atoms with E-state index < -0.39 is 0 Å². The molecule has 0 saturated carbocycles. The van der Waals surface area contributed by atoms with Crippen LogP contribution in [0.2, 0.25) is 0 Å². The Bertz CT molecular complexity index is 15.2. The Kier molecular flexibility index (Phi) is 657000. The van der Waals surface area contributed by atoms with Crippen LogP contribution in [-0.2, 0) is 13.5 Å². The molecule has 0 aliphatic carbocycles. The summed E-state index contributed by atoms with van der Waals surface area (Å²) in [5, 5.41) is 0. The van der Waals surface area contributed by atoms with Gasteiger partial charge in [-0.05, 0) is 0 Å². The molecule has 0 aromatic carbocycles. The number of hydrogen-bond acceptors (Lipinski definition) is 0. The first-order chi connectivity index (χ1) is 0. The molecule has 152 valence electrons. The molecule has 0 amide bonds. The SMILES string of the molecule is O.O.O.O.O.O.O.O.O.O.O.O.O.O.O.O.O.O.[Na+].[Na+].[S-2]. The second-order valence-corrected chi connectivity index (χ2v) is 0. The quantitative estimate of drug-likeness (QED) is 0.340. The van der Waals surface area contributed by atoms with Gasteiger partial charge in [-0.1, -0.05) is 0 Å². The van der Waals surface area contributed by atoms with E-state index in [4.69, 9.17) is 0 Å².